The predicted octanol–water partition coefficient (Wildman–Crippen LogP) is 3.06. The molecule has 2 aromatic rings. The average Bonchev–Trinajstić information content (AvgIpc) is 3.14. The maximum atomic E-state index is 12.5. The third-order valence-electron chi connectivity index (χ3n) is 5.13. The third-order valence-corrected chi connectivity index (χ3v) is 7.99. The van der Waals surface area contributed by atoms with Gasteiger partial charge in [0.1, 0.15) is 5.82 Å². The van der Waals surface area contributed by atoms with Crippen molar-refractivity contribution in [3.63, 3.8) is 0 Å². The molecule has 1 atom stereocenters. The lowest BCUT2D eigenvalue weighted by molar-refractivity contribution is 0.102. The summed E-state index contributed by atoms with van der Waals surface area (Å²) in [4.78, 5) is 12.5. The van der Waals surface area contributed by atoms with Crippen molar-refractivity contribution in [2.45, 2.75) is 44.2 Å². The molecule has 8 heteroatoms. The lowest BCUT2D eigenvalue weighted by Gasteiger charge is -2.18. The van der Waals surface area contributed by atoms with Gasteiger partial charge >= 0.3 is 0 Å². The molecule has 6 nitrogen and oxygen atoms in total. The Morgan fingerprint density at radius 2 is 1.89 bits per heavy atom. The summed E-state index contributed by atoms with van der Waals surface area (Å²) in [5.74, 6) is 1.71. The van der Waals surface area contributed by atoms with Crippen LogP contribution in [0.3, 0.4) is 0 Å². The standard InChI is InChI=1S/C20H27N3O3S2/c1-20(2,3)16-7-5-15(6-8-16)17(24)12-27-19-22-21-18(23(19)4)11-14-9-10-28(25,26)13-14/h5-8,14H,9-13H2,1-4H3. The molecule has 0 spiro atoms. The van der Waals surface area contributed by atoms with Crippen molar-refractivity contribution >= 4 is 27.4 Å². The molecule has 1 aromatic heterocycles. The van der Waals surface area contributed by atoms with Crippen molar-refractivity contribution < 1.29 is 13.2 Å². The van der Waals surface area contributed by atoms with E-state index in [2.05, 4.69) is 31.0 Å². The second-order valence-corrected chi connectivity index (χ2v) is 11.6. The van der Waals surface area contributed by atoms with Gasteiger partial charge in [-0.25, -0.2) is 8.42 Å². The lowest BCUT2D eigenvalue weighted by atomic mass is 9.86. The Kier molecular flexibility index (Phi) is 6.00. The van der Waals surface area contributed by atoms with Crippen molar-refractivity contribution in [1.82, 2.24) is 14.8 Å². The highest BCUT2D eigenvalue weighted by molar-refractivity contribution is 7.99. The molecule has 0 amide bonds. The van der Waals surface area contributed by atoms with Gasteiger partial charge in [0.05, 0.1) is 17.3 Å². The smallest absolute Gasteiger partial charge is 0.191 e. The number of hydrogen-bond donors (Lipinski definition) is 0. The summed E-state index contributed by atoms with van der Waals surface area (Å²) in [5, 5.41) is 9.06. The molecule has 0 aliphatic carbocycles. The summed E-state index contributed by atoms with van der Waals surface area (Å²) in [6, 6.07) is 7.78. The quantitative estimate of drug-likeness (QED) is 0.527. The van der Waals surface area contributed by atoms with Crippen LogP contribution >= 0.6 is 11.8 Å². The second kappa shape index (κ2) is 7.99. The number of sulfone groups is 1. The topological polar surface area (TPSA) is 81.9 Å². The van der Waals surface area contributed by atoms with Crippen LogP contribution in [0.25, 0.3) is 0 Å². The first kappa shape index (κ1) is 21.0. The molecular weight excluding hydrogens is 394 g/mol. The number of hydrogen-bond acceptors (Lipinski definition) is 6. The highest BCUT2D eigenvalue weighted by Crippen LogP contribution is 2.25. The maximum absolute atomic E-state index is 12.5. The van der Waals surface area contributed by atoms with Crippen LogP contribution in [-0.4, -0.2) is 46.2 Å². The van der Waals surface area contributed by atoms with Gasteiger partial charge in [0.25, 0.3) is 0 Å². The van der Waals surface area contributed by atoms with E-state index in [1.165, 1.54) is 17.3 Å². The normalized spacial score (nSPS) is 19.1. The van der Waals surface area contributed by atoms with Crippen molar-refractivity contribution in [2.24, 2.45) is 13.0 Å². The maximum Gasteiger partial charge on any atom is 0.191 e. The fraction of sp³-hybridized carbons (Fsp3) is 0.550. The summed E-state index contributed by atoms with van der Waals surface area (Å²) in [6.07, 6.45) is 1.28. The molecule has 152 valence electrons. The molecule has 1 unspecified atom stereocenters. The van der Waals surface area contributed by atoms with Gasteiger partial charge in [-0.3, -0.25) is 4.79 Å². The molecule has 1 fully saturated rings. The summed E-state index contributed by atoms with van der Waals surface area (Å²) < 4.78 is 25.1. The van der Waals surface area contributed by atoms with Gasteiger partial charge in [-0.1, -0.05) is 56.8 Å². The summed E-state index contributed by atoms with van der Waals surface area (Å²) >= 11 is 1.36. The number of carbonyl (C=O) groups excluding carboxylic acids is 1. The van der Waals surface area contributed by atoms with Gasteiger partial charge in [0.2, 0.25) is 0 Å². The van der Waals surface area contributed by atoms with Crippen molar-refractivity contribution in [3.8, 4) is 0 Å². The van der Waals surface area contributed by atoms with Gasteiger partial charge < -0.3 is 4.57 Å². The van der Waals surface area contributed by atoms with E-state index in [9.17, 15) is 13.2 Å². The molecular formula is C20H27N3O3S2. The number of nitrogens with zero attached hydrogens (tertiary/aromatic N) is 3. The molecule has 0 saturated carbocycles. The van der Waals surface area contributed by atoms with E-state index in [0.717, 1.165) is 5.82 Å². The number of thioether (sulfide) groups is 1. The van der Waals surface area contributed by atoms with E-state index in [4.69, 9.17) is 0 Å². The second-order valence-electron chi connectivity index (χ2n) is 8.47. The first-order valence-corrected chi connectivity index (χ1v) is 12.2. The molecule has 0 N–H and O–H groups in total. The summed E-state index contributed by atoms with van der Waals surface area (Å²) in [5.41, 5.74) is 1.95. The average molecular weight is 422 g/mol. The zero-order valence-corrected chi connectivity index (χ0v) is 18.4. The number of carbonyl (C=O) groups is 1. The highest BCUT2D eigenvalue weighted by Gasteiger charge is 2.29. The fourth-order valence-corrected chi connectivity index (χ4v) is 6.00. The Labute approximate surface area is 171 Å². The molecule has 1 aliphatic heterocycles. The number of ketones is 1. The Balaban J connectivity index is 1.59. The Hall–Kier alpha value is -1.67. The van der Waals surface area contributed by atoms with E-state index >= 15 is 0 Å². The van der Waals surface area contributed by atoms with E-state index in [1.54, 1.807) is 0 Å². The molecule has 1 aliphatic rings. The van der Waals surface area contributed by atoms with Crippen LogP contribution in [0.2, 0.25) is 0 Å². The number of Topliss-reactive ketones (excluding diaryl/α,β-unsaturated/α-hetero) is 1. The number of rotatable bonds is 6. The van der Waals surface area contributed by atoms with Gasteiger partial charge in [-0.15, -0.1) is 10.2 Å². The lowest BCUT2D eigenvalue weighted by Crippen LogP contribution is -2.12. The molecule has 3 rings (SSSR count). The predicted molar refractivity (Wildman–Crippen MR) is 112 cm³/mol. The van der Waals surface area contributed by atoms with Crippen LogP contribution in [0.4, 0.5) is 0 Å². The molecule has 1 aromatic carbocycles. The van der Waals surface area contributed by atoms with Gasteiger partial charge in [-0.05, 0) is 23.3 Å². The number of aromatic nitrogens is 3. The third kappa shape index (κ3) is 5.03. The minimum absolute atomic E-state index is 0.0527. The SMILES string of the molecule is Cn1c(CC2CCS(=O)(=O)C2)nnc1SCC(=O)c1ccc(C(C)(C)C)cc1. The molecule has 2 heterocycles. The van der Waals surface area contributed by atoms with Crippen LogP contribution in [-0.2, 0) is 28.7 Å². The molecule has 28 heavy (non-hydrogen) atoms. The molecule has 0 bridgehead atoms. The summed E-state index contributed by atoms with van der Waals surface area (Å²) in [7, 11) is -1.03. The van der Waals surface area contributed by atoms with Crippen LogP contribution < -0.4 is 0 Å². The van der Waals surface area contributed by atoms with E-state index in [0.29, 0.717) is 29.3 Å². The van der Waals surface area contributed by atoms with Crippen LogP contribution in [0.1, 0.15) is 48.9 Å². The fourth-order valence-electron chi connectivity index (χ4n) is 3.31. The molecule has 0 radical (unpaired) electrons. The first-order valence-electron chi connectivity index (χ1n) is 9.40. The molecule has 1 saturated heterocycles. The Morgan fingerprint density at radius 1 is 1.21 bits per heavy atom. The van der Waals surface area contributed by atoms with E-state index in [-0.39, 0.29) is 28.6 Å². The van der Waals surface area contributed by atoms with Gasteiger partial charge in [0.15, 0.2) is 20.8 Å². The largest absolute Gasteiger partial charge is 0.309 e. The van der Waals surface area contributed by atoms with Crippen LogP contribution in [0, 0.1) is 5.92 Å². The highest BCUT2D eigenvalue weighted by atomic mass is 32.2. The monoisotopic (exact) mass is 421 g/mol. The minimum Gasteiger partial charge on any atom is -0.309 e. The minimum atomic E-state index is -2.89. The van der Waals surface area contributed by atoms with Crippen LogP contribution in [0.5, 0.6) is 0 Å². The first-order chi connectivity index (χ1) is 13.0. The zero-order chi connectivity index (χ0) is 20.5. The Bertz CT molecular complexity index is 958. The zero-order valence-electron chi connectivity index (χ0n) is 16.8. The van der Waals surface area contributed by atoms with Crippen molar-refractivity contribution in [1.29, 1.82) is 0 Å². The van der Waals surface area contributed by atoms with Crippen molar-refractivity contribution in [3.05, 3.63) is 41.2 Å². The number of benzene rings is 1. The Morgan fingerprint density at radius 3 is 2.46 bits per heavy atom. The van der Waals surface area contributed by atoms with Crippen LogP contribution in [0.15, 0.2) is 29.4 Å². The summed E-state index contributed by atoms with van der Waals surface area (Å²) in [6.45, 7) is 6.44. The van der Waals surface area contributed by atoms with Crippen molar-refractivity contribution in [2.75, 3.05) is 17.3 Å². The van der Waals surface area contributed by atoms with E-state index in [1.807, 2.05) is 35.9 Å². The van der Waals surface area contributed by atoms with Gasteiger partial charge in [-0.2, -0.15) is 0 Å². The van der Waals surface area contributed by atoms with Gasteiger partial charge in [0, 0.05) is 19.0 Å². The van der Waals surface area contributed by atoms with E-state index < -0.39 is 9.84 Å².